The fourth-order valence-corrected chi connectivity index (χ4v) is 11.1. The van der Waals surface area contributed by atoms with E-state index in [1.165, 1.54) is 31.2 Å². The Bertz CT molecular complexity index is 4070. The summed E-state index contributed by atoms with van der Waals surface area (Å²) in [5.41, 5.74) is 14.6. The molecule has 2 heterocycles. The van der Waals surface area contributed by atoms with Crippen molar-refractivity contribution in [1.29, 1.82) is 0 Å². The van der Waals surface area contributed by atoms with Crippen molar-refractivity contribution in [2.75, 3.05) is 9.80 Å². The third-order valence-electron chi connectivity index (χ3n) is 13.1. The Morgan fingerprint density at radius 2 is 0.735 bits per heavy atom. The molecular weight excluding hydrogens is 963 g/mol. The molecule has 0 saturated heterocycles. The van der Waals surface area contributed by atoms with Gasteiger partial charge < -0.3 is 0 Å². The maximum absolute atomic E-state index is 6.73. The van der Waals surface area contributed by atoms with Gasteiger partial charge in [0.15, 0.2) is 0 Å². The van der Waals surface area contributed by atoms with Crippen molar-refractivity contribution in [1.82, 2.24) is 0 Å². The maximum atomic E-state index is 6.73. The normalized spacial score (nSPS) is 11.7. The molecule has 0 fully saturated rings. The van der Waals surface area contributed by atoms with Gasteiger partial charge in [0.25, 0.3) is 0 Å². The summed E-state index contributed by atoms with van der Waals surface area (Å²) in [7, 11) is 0. The molecule has 0 saturated carbocycles. The van der Waals surface area contributed by atoms with E-state index in [1.54, 1.807) is 0 Å². The van der Waals surface area contributed by atoms with Crippen molar-refractivity contribution < 1.29 is 8.83 Å². The second kappa shape index (κ2) is 16.5. The van der Waals surface area contributed by atoms with Crippen LogP contribution < -0.4 is 18.7 Å². The molecule has 0 aliphatic heterocycles. The second-order valence-corrected chi connectivity index (χ2v) is 19.3. The Balaban J connectivity index is 0.915. The van der Waals surface area contributed by atoms with Crippen LogP contribution in [0, 0.1) is 0 Å². The summed E-state index contributed by atoms with van der Waals surface area (Å²) in [5, 5.41) is 8.74. The SMILES string of the molecule is [SeH]c1ccccc1-c1cccc(N(c2ccccc2)c2ccc3cc4c(cc3c2)oc2ccc3oc5cc6cc(N(c7ccccc7)c7ccc([SeH])c(-c8ccccc8)c7)ccc6cc5c3c24)c1. The first-order chi connectivity index (χ1) is 33.5. The topological polar surface area (TPSA) is 32.8 Å². The fourth-order valence-electron chi connectivity index (χ4n) is 9.96. The molecule has 0 aliphatic carbocycles. The number of fused-ring (bicyclic) bond motifs is 9. The number of hydrogen-bond acceptors (Lipinski definition) is 4. The van der Waals surface area contributed by atoms with E-state index in [4.69, 9.17) is 8.83 Å². The summed E-state index contributed by atoms with van der Waals surface area (Å²) in [6.45, 7) is 0. The Hall–Kier alpha value is -7.82. The van der Waals surface area contributed by atoms with Gasteiger partial charge in [-0.3, -0.25) is 0 Å². The summed E-state index contributed by atoms with van der Waals surface area (Å²) in [6.07, 6.45) is 0. The van der Waals surface area contributed by atoms with Gasteiger partial charge >= 0.3 is 389 Å². The van der Waals surface area contributed by atoms with Gasteiger partial charge in [-0.2, -0.15) is 0 Å². The van der Waals surface area contributed by atoms with Crippen molar-refractivity contribution in [2.45, 2.75) is 0 Å². The van der Waals surface area contributed by atoms with Crippen LogP contribution in [0.25, 0.3) is 87.7 Å². The zero-order valence-corrected chi connectivity index (χ0v) is 40.3. The monoisotopic (exact) mass is 1000 g/mol. The van der Waals surface area contributed by atoms with Gasteiger partial charge in [0.05, 0.1) is 0 Å². The molecule has 6 heteroatoms. The van der Waals surface area contributed by atoms with E-state index < -0.39 is 0 Å². The number of benzene rings is 11. The van der Waals surface area contributed by atoms with Crippen molar-refractivity contribution in [3.8, 4) is 22.3 Å². The van der Waals surface area contributed by atoms with Crippen molar-refractivity contribution in [2.24, 2.45) is 0 Å². The Kier molecular flexibility index (Phi) is 9.82. The summed E-state index contributed by atoms with van der Waals surface area (Å²) in [5.74, 6) is 0. The summed E-state index contributed by atoms with van der Waals surface area (Å²) >= 11 is 5.44. The first-order valence-electron chi connectivity index (χ1n) is 22.7. The van der Waals surface area contributed by atoms with E-state index in [2.05, 4.69) is 260 Å². The number of para-hydroxylation sites is 2. The van der Waals surface area contributed by atoms with Crippen LogP contribution in [0.1, 0.15) is 0 Å². The first-order valence-corrected chi connectivity index (χ1v) is 24.5. The van der Waals surface area contributed by atoms with Crippen LogP contribution in [0.5, 0.6) is 0 Å². The van der Waals surface area contributed by atoms with Crippen molar-refractivity contribution in [3.63, 3.8) is 0 Å². The molecule has 0 unspecified atom stereocenters. The standard InChI is InChI=1S/C62H40N2O2Se2/c67-59-22-11-10-21-51(59)42-15-12-20-47(31-42)63(45-16-6-2-7-17-45)48-25-23-40-34-53-57(36-43(40)32-48)65-55-28-29-56-62(61(53)55)54-35-41-24-26-49(33-44(41)37-58(54)66-56)64(46-18-8-3-9-19-46)50-27-30-60(68)52(38-50)39-13-4-1-5-14-39/h1-38,67-68H. The van der Waals surface area contributed by atoms with Gasteiger partial charge in [0.2, 0.25) is 0 Å². The summed E-state index contributed by atoms with van der Waals surface area (Å²) < 4.78 is 15.8. The molecule has 322 valence electrons. The van der Waals surface area contributed by atoms with Crippen LogP contribution >= 0.6 is 0 Å². The van der Waals surface area contributed by atoms with E-state index >= 15 is 0 Å². The molecule has 4 nitrogen and oxygen atoms in total. The van der Waals surface area contributed by atoms with Crippen molar-refractivity contribution >= 4 is 140 Å². The van der Waals surface area contributed by atoms with Gasteiger partial charge in [-0.25, -0.2) is 0 Å². The van der Waals surface area contributed by atoms with Crippen molar-refractivity contribution in [3.05, 3.63) is 231 Å². The number of nitrogens with zero attached hydrogens (tertiary/aromatic N) is 2. The molecule has 13 rings (SSSR count). The van der Waals surface area contributed by atoms with Crippen LogP contribution in [0.2, 0.25) is 0 Å². The molecule has 13 aromatic rings. The molecule has 0 spiro atoms. The predicted molar refractivity (Wildman–Crippen MR) is 290 cm³/mol. The zero-order valence-electron chi connectivity index (χ0n) is 36.5. The van der Waals surface area contributed by atoms with Crippen LogP contribution in [-0.4, -0.2) is 32.0 Å². The van der Waals surface area contributed by atoms with Crippen LogP contribution in [0.15, 0.2) is 239 Å². The molecule has 2 aromatic heterocycles. The third-order valence-corrected chi connectivity index (χ3v) is 14.8. The number of furan rings is 2. The number of rotatable bonds is 8. The van der Waals surface area contributed by atoms with Crippen LogP contribution in [0.4, 0.5) is 34.1 Å². The summed E-state index contributed by atoms with van der Waals surface area (Å²) in [4.78, 5) is 4.66. The van der Waals surface area contributed by atoms with Gasteiger partial charge in [-0.1, -0.05) is 0 Å². The molecule has 0 radical (unpaired) electrons. The molecule has 68 heavy (non-hydrogen) atoms. The Morgan fingerprint density at radius 3 is 1.31 bits per heavy atom. The average Bonchev–Trinajstić information content (AvgIpc) is 3.93. The molecule has 11 aromatic carbocycles. The van der Waals surface area contributed by atoms with E-state index in [0.717, 1.165) is 99.5 Å². The van der Waals surface area contributed by atoms with E-state index in [1.807, 2.05) is 12.1 Å². The fraction of sp³-hybridized carbons (Fsp3) is 0. The number of hydrogen-bond donors (Lipinski definition) is 0. The molecule has 0 amide bonds. The van der Waals surface area contributed by atoms with Gasteiger partial charge in [-0.05, 0) is 12.1 Å². The molecule has 0 bridgehead atoms. The second-order valence-electron chi connectivity index (χ2n) is 17.3. The minimum absolute atomic E-state index is 0.837. The predicted octanol–water partition coefficient (Wildman–Crippen LogP) is 15.1. The minimum atomic E-state index is 0.837. The van der Waals surface area contributed by atoms with E-state index in [-0.39, 0.29) is 0 Å². The molecular formula is C62H40N2O2Se2. The Morgan fingerprint density at radius 1 is 0.279 bits per heavy atom. The molecule has 0 aliphatic rings. The van der Waals surface area contributed by atoms with Crippen LogP contribution in [-0.2, 0) is 0 Å². The van der Waals surface area contributed by atoms with Crippen LogP contribution in [0.3, 0.4) is 0 Å². The number of anilines is 6. The molecule has 0 N–H and O–H groups in total. The van der Waals surface area contributed by atoms with Gasteiger partial charge in [0.1, 0.15) is 5.58 Å². The zero-order chi connectivity index (χ0) is 45.3. The Labute approximate surface area is 409 Å². The first kappa shape index (κ1) is 40.5. The van der Waals surface area contributed by atoms with Gasteiger partial charge in [0, 0.05) is 5.39 Å². The van der Waals surface area contributed by atoms with E-state index in [9.17, 15) is 0 Å². The van der Waals surface area contributed by atoms with E-state index in [0.29, 0.717) is 0 Å². The van der Waals surface area contributed by atoms with Gasteiger partial charge in [-0.15, -0.1) is 0 Å². The average molecular weight is 1000 g/mol. The third kappa shape index (κ3) is 6.97. The summed E-state index contributed by atoms with van der Waals surface area (Å²) in [6, 6.07) is 82.2. The quantitative estimate of drug-likeness (QED) is 0.142. The molecule has 0 atom stereocenters.